The Balaban J connectivity index is 2.05. The maximum absolute atomic E-state index is 10.5. The summed E-state index contributed by atoms with van der Waals surface area (Å²) >= 11 is 0. The largest absolute Gasteiger partial charge is 0.387 e. The van der Waals surface area contributed by atoms with E-state index < -0.39 is 0 Å². The highest BCUT2D eigenvalue weighted by Crippen LogP contribution is 2.33. The van der Waals surface area contributed by atoms with E-state index in [0.717, 1.165) is 12.1 Å². The zero-order valence-corrected chi connectivity index (χ0v) is 11.7. The molecular formula is C16H25NO. The molecule has 2 atom stereocenters. The molecule has 0 amide bonds. The molecule has 1 aromatic carbocycles. The maximum Gasteiger partial charge on any atom is 0.0942 e. The van der Waals surface area contributed by atoms with Gasteiger partial charge in [0.25, 0.3) is 0 Å². The zero-order valence-electron chi connectivity index (χ0n) is 11.7. The van der Waals surface area contributed by atoms with Crippen molar-refractivity contribution in [1.82, 2.24) is 4.90 Å². The fourth-order valence-corrected chi connectivity index (χ4v) is 2.59. The summed E-state index contributed by atoms with van der Waals surface area (Å²) < 4.78 is 0. The molecule has 1 saturated carbocycles. The van der Waals surface area contributed by atoms with E-state index in [4.69, 9.17) is 0 Å². The summed E-state index contributed by atoms with van der Waals surface area (Å²) in [5.74, 6) is 0.649. The highest BCUT2D eigenvalue weighted by atomic mass is 16.3. The molecule has 18 heavy (non-hydrogen) atoms. The van der Waals surface area contributed by atoms with E-state index in [1.165, 1.54) is 12.8 Å². The molecule has 0 spiro atoms. The van der Waals surface area contributed by atoms with Crippen molar-refractivity contribution in [2.24, 2.45) is 5.92 Å². The van der Waals surface area contributed by atoms with Crippen molar-refractivity contribution in [2.45, 2.75) is 51.8 Å². The summed E-state index contributed by atoms with van der Waals surface area (Å²) in [6.45, 7) is 7.72. The minimum Gasteiger partial charge on any atom is -0.387 e. The summed E-state index contributed by atoms with van der Waals surface area (Å²) in [6, 6.07) is 10.9. The van der Waals surface area contributed by atoms with E-state index in [2.05, 4.69) is 25.7 Å². The van der Waals surface area contributed by atoms with Gasteiger partial charge in [0.2, 0.25) is 0 Å². The second-order valence-electron chi connectivity index (χ2n) is 5.92. The Hall–Kier alpha value is -0.860. The summed E-state index contributed by atoms with van der Waals surface area (Å²) in [4.78, 5) is 2.49. The van der Waals surface area contributed by atoms with Crippen LogP contribution in [0.2, 0.25) is 0 Å². The molecule has 0 aromatic heterocycles. The molecule has 1 fully saturated rings. The molecule has 0 aliphatic heterocycles. The van der Waals surface area contributed by atoms with Gasteiger partial charge in [0.05, 0.1) is 6.10 Å². The van der Waals surface area contributed by atoms with Crippen molar-refractivity contribution in [3.05, 3.63) is 35.9 Å². The van der Waals surface area contributed by atoms with Gasteiger partial charge in [-0.25, -0.2) is 0 Å². The van der Waals surface area contributed by atoms with Crippen LogP contribution in [0.3, 0.4) is 0 Å². The van der Waals surface area contributed by atoms with Crippen LogP contribution in [0.5, 0.6) is 0 Å². The lowest BCUT2D eigenvalue weighted by atomic mass is 10.0. The molecular weight excluding hydrogens is 222 g/mol. The van der Waals surface area contributed by atoms with Crippen LogP contribution >= 0.6 is 0 Å². The number of hydrogen-bond donors (Lipinski definition) is 1. The number of benzene rings is 1. The van der Waals surface area contributed by atoms with E-state index in [-0.39, 0.29) is 12.1 Å². The van der Waals surface area contributed by atoms with E-state index in [1.54, 1.807) is 0 Å². The number of rotatable bonds is 6. The van der Waals surface area contributed by atoms with Gasteiger partial charge in [-0.1, -0.05) is 44.2 Å². The summed E-state index contributed by atoms with van der Waals surface area (Å²) in [5, 5.41) is 10.5. The molecule has 0 bridgehead atoms. The Bertz CT molecular complexity index is 359. The van der Waals surface area contributed by atoms with Crippen LogP contribution in [0.1, 0.15) is 45.3 Å². The lowest BCUT2D eigenvalue weighted by molar-refractivity contribution is 0.0462. The lowest BCUT2D eigenvalue weighted by Gasteiger charge is -2.34. The SMILES string of the molecule is CC(C)CN(C1CC1)C(C)C(O)c1ccccc1. The molecule has 2 nitrogen and oxygen atoms in total. The Kier molecular flexibility index (Phi) is 4.41. The molecule has 1 aliphatic carbocycles. The highest BCUT2D eigenvalue weighted by Gasteiger charge is 2.35. The van der Waals surface area contributed by atoms with Gasteiger partial charge in [-0.2, -0.15) is 0 Å². The third kappa shape index (κ3) is 3.33. The monoisotopic (exact) mass is 247 g/mol. The molecule has 0 saturated heterocycles. The first-order valence-electron chi connectivity index (χ1n) is 7.08. The van der Waals surface area contributed by atoms with E-state index in [1.807, 2.05) is 30.3 Å². The second-order valence-corrected chi connectivity index (χ2v) is 5.92. The predicted octanol–water partition coefficient (Wildman–Crippen LogP) is 3.23. The fourth-order valence-electron chi connectivity index (χ4n) is 2.59. The second kappa shape index (κ2) is 5.85. The predicted molar refractivity (Wildman–Crippen MR) is 75.4 cm³/mol. The first kappa shape index (κ1) is 13.6. The van der Waals surface area contributed by atoms with Crippen LogP contribution < -0.4 is 0 Å². The van der Waals surface area contributed by atoms with Gasteiger partial charge in [-0.05, 0) is 31.2 Å². The minimum absolute atomic E-state index is 0.197. The summed E-state index contributed by atoms with van der Waals surface area (Å²) in [5.41, 5.74) is 1.03. The third-order valence-electron chi connectivity index (χ3n) is 3.71. The fraction of sp³-hybridized carbons (Fsp3) is 0.625. The van der Waals surface area contributed by atoms with Crippen LogP contribution in [0.25, 0.3) is 0 Å². The van der Waals surface area contributed by atoms with E-state index in [0.29, 0.717) is 12.0 Å². The molecule has 100 valence electrons. The lowest BCUT2D eigenvalue weighted by Crippen LogP contribution is -2.41. The van der Waals surface area contributed by atoms with Crippen molar-refractivity contribution >= 4 is 0 Å². The standard InChI is InChI=1S/C16H25NO/c1-12(2)11-17(15-9-10-15)13(3)16(18)14-7-5-4-6-8-14/h4-8,12-13,15-16,18H,9-11H2,1-3H3. The molecule has 2 unspecified atom stereocenters. The first-order valence-corrected chi connectivity index (χ1v) is 7.08. The van der Waals surface area contributed by atoms with Crippen molar-refractivity contribution < 1.29 is 5.11 Å². The van der Waals surface area contributed by atoms with Gasteiger partial charge >= 0.3 is 0 Å². The number of aliphatic hydroxyl groups excluding tert-OH is 1. The Morgan fingerprint density at radius 2 is 1.78 bits per heavy atom. The Labute approximate surface area is 111 Å². The molecule has 2 heteroatoms. The molecule has 1 aromatic rings. The summed E-state index contributed by atoms with van der Waals surface area (Å²) in [7, 11) is 0. The average molecular weight is 247 g/mol. The Morgan fingerprint density at radius 3 is 2.28 bits per heavy atom. The topological polar surface area (TPSA) is 23.5 Å². The van der Waals surface area contributed by atoms with Crippen LogP contribution in [-0.2, 0) is 0 Å². The first-order chi connectivity index (χ1) is 8.59. The quantitative estimate of drug-likeness (QED) is 0.834. The van der Waals surface area contributed by atoms with Gasteiger partial charge in [0.1, 0.15) is 0 Å². The van der Waals surface area contributed by atoms with Crippen LogP contribution in [0, 0.1) is 5.92 Å². The maximum atomic E-state index is 10.5. The molecule has 1 N–H and O–H groups in total. The zero-order chi connectivity index (χ0) is 13.1. The molecule has 1 aliphatic rings. The minimum atomic E-state index is -0.384. The molecule has 0 radical (unpaired) electrons. The van der Waals surface area contributed by atoms with Crippen LogP contribution in [0.4, 0.5) is 0 Å². The highest BCUT2D eigenvalue weighted by molar-refractivity contribution is 5.19. The van der Waals surface area contributed by atoms with Gasteiger partial charge in [-0.15, -0.1) is 0 Å². The average Bonchev–Trinajstić information content (AvgIpc) is 3.19. The van der Waals surface area contributed by atoms with Crippen molar-refractivity contribution in [1.29, 1.82) is 0 Å². The van der Waals surface area contributed by atoms with Gasteiger partial charge in [-0.3, -0.25) is 4.90 Å². The third-order valence-corrected chi connectivity index (χ3v) is 3.71. The van der Waals surface area contributed by atoms with Gasteiger partial charge < -0.3 is 5.11 Å². The smallest absolute Gasteiger partial charge is 0.0942 e. The van der Waals surface area contributed by atoms with Gasteiger partial charge in [0.15, 0.2) is 0 Å². The van der Waals surface area contributed by atoms with Crippen molar-refractivity contribution in [2.75, 3.05) is 6.54 Å². The van der Waals surface area contributed by atoms with E-state index >= 15 is 0 Å². The Morgan fingerprint density at radius 1 is 1.17 bits per heavy atom. The number of nitrogens with zero attached hydrogens (tertiary/aromatic N) is 1. The van der Waals surface area contributed by atoms with Crippen LogP contribution in [0.15, 0.2) is 30.3 Å². The summed E-state index contributed by atoms with van der Waals surface area (Å²) in [6.07, 6.45) is 2.20. The molecule has 0 heterocycles. The molecule has 2 rings (SSSR count). The number of aliphatic hydroxyl groups is 1. The van der Waals surface area contributed by atoms with Crippen molar-refractivity contribution in [3.63, 3.8) is 0 Å². The van der Waals surface area contributed by atoms with Crippen molar-refractivity contribution in [3.8, 4) is 0 Å². The normalized spacial score (nSPS) is 19.2. The van der Waals surface area contributed by atoms with E-state index in [9.17, 15) is 5.11 Å². The van der Waals surface area contributed by atoms with Crippen LogP contribution in [-0.4, -0.2) is 28.6 Å². The number of hydrogen-bond acceptors (Lipinski definition) is 2. The van der Waals surface area contributed by atoms with Gasteiger partial charge in [0, 0.05) is 18.6 Å².